The molecular weight excluding hydrogens is 845 g/mol. The number of carbonyl (C=O) groups excluding carboxylic acids is 4. The number of alkyl halides is 3. The number of nitrogens with one attached hydrogen (secondary N) is 1. The predicted octanol–water partition coefficient (Wildman–Crippen LogP) is 7.85. The van der Waals surface area contributed by atoms with E-state index in [2.05, 4.69) is 10.4 Å². The zero-order valence-electron chi connectivity index (χ0n) is 32.4. The molecule has 4 aliphatic rings. The second-order valence-electron chi connectivity index (χ2n) is 15.1. The minimum atomic E-state index is -4.85. The monoisotopic (exact) mass is 879 g/mol. The highest BCUT2D eigenvalue weighted by atomic mass is 35.5. The summed E-state index contributed by atoms with van der Waals surface area (Å²) < 4.78 is 65.9. The van der Waals surface area contributed by atoms with Crippen molar-refractivity contribution in [2.24, 2.45) is 29.6 Å². The number of amides is 4. The maximum atomic E-state index is 15.3. The fourth-order valence-corrected chi connectivity index (χ4v) is 9.66. The van der Waals surface area contributed by atoms with Crippen molar-refractivity contribution >= 4 is 64.4 Å². The molecule has 1 saturated carbocycles. The summed E-state index contributed by atoms with van der Waals surface area (Å²) in [6.45, 7) is 0. The van der Waals surface area contributed by atoms with E-state index in [0.29, 0.717) is 27.8 Å². The molecule has 3 aromatic carbocycles. The number of phenols is 1. The van der Waals surface area contributed by atoms with Crippen molar-refractivity contribution in [3.05, 3.63) is 123 Å². The van der Waals surface area contributed by atoms with Crippen LogP contribution in [0.2, 0.25) is 10.0 Å². The van der Waals surface area contributed by atoms with Crippen molar-refractivity contribution in [2.45, 2.75) is 24.4 Å². The van der Waals surface area contributed by atoms with Crippen LogP contribution in [0.25, 0.3) is 6.08 Å². The highest BCUT2D eigenvalue weighted by Crippen LogP contribution is 2.62. The Labute approximate surface area is 355 Å². The minimum Gasteiger partial charge on any atom is -0.502 e. The lowest BCUT2D eigenvalue weighted by Crippen LogP contribution is -2.54. The van der Waals surface area contributed by atoms with E-state index in [9.17, 15) is 37.1 Å². The predicted molar refractivity (Wildman–Crippen MR) is 215 cm³/mol. The number of ether oxygens (including phenoxy) is 2. The van der Waals surface area contributed by atoms with Gasteiger partial charge in [0, 0.05) is 18.0 Å². The summed E-state index contributed by atoms with van der Waals surface area (Å²) in [5, 5.41) is 13.3. The van der Waals surface area contributed by atoms with Gasteiger partial charge < -0.3 is 14.6 Å². The normalized spacial score (nSPS) is 24.7. The lowest BCUT2D eigenvalue weighted by Gasteiger charge is -2.49. The van der Waals surface area contributed by atoms with Gasteiger partial charge in [-0.25, -0.2) is 9.37 Å². The fraction of sp³-hybridized carbons (Fsp3) is 0.279. The van der Waals surface area contributed by atoms with Crippen LogP contribution in [0.4, 0.5) is 29.1 Å². The van der Waals surface area contributed by atoms with E-state index in [0.717, 1.165) is 33.2 Å². The van der Waals surface area contributed by atoms with Gasteiger partial charge in [-0.15, -0.1) is 0 Å². The number of fused-ring (bicyclic) bond motifs is 4. The number of carbonyl (C=O) groups is 4. The number of aromatic nitrogens is 1. The van der Waals surface area contributed by atoms with Gasteiger partial charge in [0.25, 0.3) is 23.6 Å². The Morgan fingerprint density at radius 3 is 2.20 bits per heavy atom. The van der Waals surface area contributed by atoms with Gasteiger partial charge in [0.05, 0.1) is 48.1 Å². The maximum Gasteiger partial charge on any atom is 0.433 e. The number of rotatable bonds is 9. The topological polar surface area (TPSA) is 142 Å². The molecular formula is C43H35Cl2F4N5O7. The number of benzene rings is 3. The first kappa shape index (κ1) is 41.6. The molecule has 12 nitrogen and oxygen atoms in total. The summed E-state index contributed by atoms with van der Waals surface area (Å²) in [7, 11) is 3.94. The van der Waals surface area contributed by atoms with Crippen LogP contribution in [-0.4, -0.2) is 65.0 Å². The van der Waals surface area contributed by atoms with E-state index in [-0.39, 0.29) is 40.8 Å². The van der Waals surface area contributed by atoms with Crippen molar-refractivity contribution in [3.63, 3.8) is 0 Å². The standard InChI is InChI=1S/C43H35Cl2F4N5O7/c1-52(37-31(45)16-17-34(50-37)43(47,48)49)54-38(56)27-14-13-26-28(35(27)40(54)58)20-30-39(57)53(51-25-11-9-24(46)10-12-25)41(59)42(30,22-5-7-23(44)8-6-22)29(26)15-4-21-18-32(60-2)36(55)33(19-21)61-3/h4-13,15-19,27-30,35,51,55H,14,20H2,1-3H3/t27-,28+,29-,30-,35-,42-/m0/s1. The number of phenolic OH excluding ortho intramolecular Hbond substituents is 1. The van der Waals surface area contributed by atoms with Crippen molar-refractivity contribution in [1.82, 2.24) is 15.0 Å². The number of anilines is 2. The number of aromatic hydroxyl groups is 1. The van der Waals surface area contributed by atoms with Crippen LogP contribution in [-0.2, 0) is 30.8 Å². The van der Waals surface area contributed by atoms with Crippen molar-refractivity contribution in [2.75, 3.05) is 31.7 Å². The number of pyridine rings is 1. The Bertz CT molecular complexity index is 2510. The van der Waals surface area contributed by atoms with E-state index in [1.165, 1.54) is 45.5 Å². The number of hydrazine groups is 2. The highest BCUT2D eigenvalue weighted by molar-refractivity contribution is 6.33. The molecule has 0 spiro atoms. The van der Waals surface area contributed by atoms with Crippen LogP contribution in [0.5, 0.6) is 17.2 Å². The molecule has 18 heteroatoms. The number of halogens is 6. The second-order valence-corrected chi connectivity index (χ2v) is 15.9. The van der Waals surface area contributed by atoms with Crippen LogP contribution >= 0.6 is 23.2 Å². The van der Waals surface area contributed by atoms with Crippen molar-refractivity contribution in [1.29, 1.82) is 0 Å². The molecule has 4 amide bonds. The molecule has 0 unspecified atom stereocenters. The number of allylic oxidation sites excluding steroid dienone is 3. The quantitative estimate of drug-likeness (QED) is 0.0971. The van der Waals surface area contributed by atoms with E-state index < -0.39 is 82.1 Å². The molecule has 3 heterocycles. The Kier molecular flexibility index (Phi) is 10.5. The number of nitrogens with zero attached hydrogens (tertiary/aromatic N) is 4. The van der Waals surface area contributed by atoms with Gasteiger partial charge in [0.15, 0.2) is 17.3 Å². The van der Waals surface area contributed by atoms with Gasteiger partial charge in [-0.3, -0.25) is 29.6 Å². The molecule has 2 aliphatic heterocycles. The van der Waals surface area contributed by atoms with E-state index in [1.54, 1.807) is 42.5 Å². The van der Waals surface area contributed by atoms with Crippen LogP contribution < -0.4 is 19.9 Å². The Balaban J connectivity index is 1.28. The van der Waals surface area contributed by atoms with Gasteiger partial charge in [0.2, 0.25) is 5.75 Å². The smallest absolute Gasteiger partial charge is 0.433 e. The van der Waals surface area contributed by atoms with Crippen LogP contribution in [0.1, 0.15) is 29.7 Å². The lowest BCUT2D eigenvalue weighted by atomic mass is 9.50. The third kappa shape index (κ3) is 6.72. The molecule has 316 valence electrons. The third-order valence-electron chi connectivity index (χ3n) is 12.0. The van der Waals surface area contributed by atoms with E-state index in [4.69, 9.17) is 32.7 Å². The first-order chi connectivity index (χ1) is 29.0. The largest absolute Gasteiger partial charge is 0.502 e. The molecule has 2 saturated heterocycles. The van der Waals surface area contributed by atoms with Gasteiger partial charge in [-0.1, -0.05) is 59.1 Å². The summed E-state index contributed by atoms with van der Waals surface area (Å²) in [5.41, 5.74) is 1.57. The maximum absolute atomic E-state index is 15.3. The average molecular weight is 881 g/mol. The van der Waals surface area contributed by atoms with Gasteiger partial charge in [-0.2, -0.15) is 23.2 Å². The lowest BCUT2D eigenvalue weighted by molar-refractivity contribution is -0.142. The molecule has 1 aromatic heterocycles. The summed E-state index contributed by atoms with van der Waals surface area (Å²) in [5.74, 6) is -9.01. The zero-order valence-corrected chi connectivity index (χ0v) is 33.9. The number of hydrogen-bond donors (Lipinski definition) is 2. The molecule has 2 aliphatic carbocycles. The molecule has 4 aromatic rings. The van der Waals surface area contributed by atoms with Gasteiger partial charge in [0.1, 0.15) is 11.5 Å². The van der Waals surface area contributed by atoms with Crippen LogP contribution in [0, 0.1) is 35.4 Å². The summed E-state index contributed by atoms with van der Waals surface area (Å²) in [4.78, 5) is 62.7. The first-order valence-electron chi connectivity index (χ1n) is 18.9. The SMILES string of the molecule is COc1cc(C=C[C@H]2C3=CC[C@@H]4C(=O)N(N(C)c5nc(C(F)(F)F)ccc5Cl)C(=O)[C@@H]4[C@@H]3C[C@H]3C(=O)N(Nc4ccc(F)cc4)C(=O)[C@@]23c2ccc(Cl)cc2)cc(OC)c1O. The molecule has 61 heavy (non-hydrogen) atoms. The Hall–Kier alpha value is -6.13. The molecule has 2 N–H and O–H groups in total. The van der Waals surface area contributed by atoms with Crippen LogP contribution in [0.15, 0.2) is 90.5 Å². The molecule has 6 atom stereocenters. The van der Waals surface area contributed by atoms with E-state index in [1.807, 2.05) is 0 Å². The number of imide groups is 2. The van der Waals surface area contributed by atoms with E-state index >= 15 is 4.79 Å². The fourth-order valence-electron chi connectivity index (χ4n) is 9.31. The summed E-state index contributed by atoms with van der Waals surface area (Å²) in [6.07, 6.45) is 0.206. The highest BCUT2D eigenvalue weighted by Gasteiger charge is 2.70. The number of hydrogen-bond acceptors (Lipinski definition) is 10. The molecule has 0 radical (unpaired) electrons. The second kappa shape index (κ2) is 15.4. The number of methoxy groups -OCH3 is 2. The third-order valence-corrected chi connectivity index (χ3v) is 12.5. The minimum absolute atomic E-state index is 0.00139. The molecule has 8 rings (SSSR count). The Morgan fingerprint density at radius 1 is 0.918 bits per heavy atom. The Morgan fingerprint density at radius 2 is 1.57 bits per heavy atom. The first-order valence-corrected chi connectivity index (χ1v) is 19.6. The summed E-state index contributed by atoms with van der Waals surface area (Å²) >= 11 is 12.7. The average Bonchev–Trinajstić information content (AvgIpc) is 3.61. The van der Waals surface area contributed by atoms with Crippen LogP contribution in [0.3, 0.4) is 0 Å². The summed E-state index contributed by atoms with van der Waals surface area (Å²) in [6, 6.07) is 16.3. The zero-order chi connectivity index (χ0) is 43.7. The van der Waals surface area contributed by atoms with Crippen molar-refractivity contribution in [3.8, 4) is 17.2 Å². The molecule has 0 bridgehead atoms. The van der Waals surface area contributed by atoms with Gasteiger partial charge >= 0.3 is 6.18 Å². The molecule has 3 fully saturated rings. The van der Waals surface area contributed by atoms with Gasteiger partial charge in [-0.05, 0) is 90.6 Å². The van der Waals surface area contributed by atoms with Crippen molar-refractivity contribution < 1.29 is 51.3 Å².